The van der Waals surface area contributed by atoms with Crippen molar-refractivity contribution < 1.29 is 13.3 Å². The number of furan rings is 3. The van der Waals surface area contributed by atoms with Gasteiger partial charge in [0.05, 0.1) is 39.0 Å². The molecule has 6 nitrogen and oxygen atoms in total. The van der Waals surface area contributed by atoms with Gasteiger partial charge in [-0.2, -0.15) is 0 Å². The van der Waals surface area contributed by atoms with Crippen LogP contribution in [0.1, 0.15) is 77.6 Å². The summed E-state index contributed by atoms with van der Waals surface area (Å²) in [7, 11) is 0. The van der Waals surface area contributed by atoms with Crippen LogP contribution in [0, 0.1) is 0 Å². The normalized spacial score (nSPS) is 13.7. The highest BCUT2D eigenvalue weighted by molar-refractivity contribution is 6.27. The zero-order chi connectivity index (χ0) is 53.4. The van der Waals surface area contributed by atoms with Gasteiger partial charge in [0.1, 0.15) is 33.4 Å². The summed E-state index contributed by atoms with van der Waals surface area (Å²) in [6, 6.07) is 73.0. The van der Waals surface area contributed by atoms with Crippen molar-refractivity contribution in [2.45, 2.75) is 71.6 Å². The molecule has 79 heavy (non-hydrogen) atoms. The van der Waals surface area contributed by atoms with Gasteiger partial charge in [-0.25, -0.2) is 0 Å². The lowest BCUT2D eigenvalue weighted by Gasteiger charge is -2.30. The molecule has 0 atom stereocenters. The summed E-state index contributed by atoms with van der Waals surface area (Å²) in [5.41, 5.74) is 21.3. The Bertz CT molecular complexity index is 5010. The van der Waals surface area contributed by atoms with Crippen LogP contribution in [0.25, 0.3) is 104 Å². The molecule has 0 fully saturated rings. The van der Waals surface area contributed by atoms with Gasteiger partial charge < -0.3 is 27.5 Å². The Morgan fingerprint density at radius 2 is 0.937 bits per heavy atom. The number of anilines is 6. The molecule has 1 aliphatic rings. The van der Waals surface area contributed by atoms with Gasteiger partial charge in [0.2, 0.25) is 0 Å². The maximum Gasteiger partial charge on any atom is 0.161 e. The van der Waals surface area contributed by atoms with E-state index < -0.39 is 0 Å². The van der Waals surface area contributed by atoms with Crippen molar-refractivity contribution in [2.24, 2.45) is 0 Å². The fourth-order valence-electron chi connectivity index (χ4n) is 13.5. The zero-order valence-corrected chi connectivity index (χ0v) is 45.6. The Kier molecular flexibility index (Phi) is 9.25. The summed E-state index contributed by atoms with van der Waals surface area (Å²) in [6.45, 7) is 18.4. The van der Waals surface area contributed by atoms with Crippen LogP contribution < -0.4 is 9.80 Å². The zero-order valence-electron chi connectivity index (χ0n) is 45.6. The summed E-state index contributed by atoms with van der Waals surface area (Å²) >= 11 is 0. The molecule has 0 saturated carbocycles. The molecule has 0 radical (unpaired) electrons. The van der Waals surface area contributed by atoms with Crippen molar-refractivity contribution in [3.05, 3.63) is 222 Å². The van der Waals surface area contributed by atoms with Gasteiger partial charge in [-0.1, -0.05) is 159 Å². The number of rotatable bonds is 6. The number of para-hydroxylation sites is 2. The third kappa shape index (κ3) is 6.46. The minimum atomic E-state index is -0.328. The van der Waals surface area contributed by atoms with Gasteiger partial charge in [0.25, 0.3) is 0 Å². The number of nitrogens with zero attached hydrogens (tertiary/aromatic N) is 3. The summed E-state index contributed by atoms with van der Waals surface area (Å²) in [5.74, 6) is 0. The Morgan fingerprint density at radius 3 is 1.57 bits per heavy atom. The molecule has 0 N–H and O–H groups in total. The minimum absolute atomic E-state index is 0.00737. The highest BCUT2D eigenvalue weighted by Crippen LogP contribution is 2.59. The summed E-state index contributed by atoms with van der Waals surface area (Å²) < 4.78 is 22.9. The van der Waals surface area contributed by atoms with Crippen LogP contribution in [0.4, 0.5) is 34.1 Å². The lowest BCUT2D eigenvalue weighted by atomic mass is 9.81. The van der Waals surface area contributed by atoms with Crippen molar-refractivity contribution in [3.8, 4) is 11.3 Å². The molecule has 5 heterocycles. The van der Waals surface area contributed by atoms with Gasteiger partial charge in [0.15, 0.2) is 5.58 Å². The van der Waals surface area contributed by atoms with E-state index in [9.17, 15) is 0 Å². The first-order valence-electron chi connectivity index (χ1n) is 27.7. The van der Waals surface area contributed by atoms with Crippen LogP contribution in [0.5, 0.6) is 0 Å². The van der Waals surface area contributed by atoms with Crippen molar-refractivity contribution in [2.75, 3.05) is 9.80 Å². The predicted molar refractivity (Wildman–Crippen MR) is 330 cm³/mol. The molecular formula is C73H57N3O3. The first-order chi connectivity index (χ1) is 38.2. The molecule has 15 aromatic rings. The van der Waals surface area contributed by atoms with Crippen LogP contribution >= 0.6 is 0 Å². The second-order valence-corrected chi connectivity index (χ2v) is 24.5. The van der Waals surface area contributed by atoms with Crippen LogP contribution in [0.15, 0.2) is 213 Å². The molecule has 0 bridgehead atoms. The Labute approximate surface area is 457 Å². The Morgan fingerprint density at radius 1 is 0.392 bits per heavy atom. The van der Waals surface area contributed by atoms with Crippen molar-refractivity contribution in [1.82, 2.24) is 4.40 Å². The van der Waals surface area contributed by atoms with Crippen LogP contribution in [-0.4, -0.2) is 4.40 Å². The summed E-state index contributed by atoms with van der Waals surface area (Å²) in [6.07, 6.45) is 0. The highest BCUT2D eigenvalue weighted by atomic mass is 16.3. The molecule has 5 aromatic heterocycles. The number of hydrogen-bond acceptors (Lipinski definition) is 5. The largest absolute Gasteiger partial charge is 0.456 e. The molecular weight excluding hydrogens is 967 g/mol. The number of fused-ring (bicyclic) bond motifs is 17. The van der Waals surface area contributed by atoms with Gasteiger partial charge in [-0.3, -0.25) is 0 Å². The van der Waals surface area contributed by atoms with E-state index in [1.54, 1.807) is 0 Å². The Balaban J connectivity index is 0.943. The first kappa shape index (κ1) is 45.9. The van der Waals surface area contributed by atoms with Crippen LogP contribution in [0.3, 0.4) is 0 Å². The highest BCUT2D eigenvalue weighted by Gasteiger charge is 2.43. The van der Waals surface area contributed by atoms with E-state index in [4.69, 9.17) is 13.3 Å². The quantitative estimate of drug-likeness (QED) is 0.166. The van der Waals surface area contributed by atoms with E-state index in [-0.39, 0.29) is 16.2 Å². The first-order valence-corrected chi connectivity index (χ1v) is 27.7. The molecule has 10 aromatic carbocycles. The van der Waals surface area contributed by atoms with Crippen molar-refractivity contribution in [1.29, 1.82) is 0 Å². The second-order valence-electron chi connectivity index (χ2n) is 24.5. The fourth-order valence-corrected chi connectivity index (χ4v) is 13.5. The van der Waals surface area contributed by atoms with Crippen molar-refractivity contribution >= 4 is 127 Å². The molecule has 0 aliphatic heterocycles. The summed E-state index contributed by atoms with van der Waals surface area (Å²) in [4.78, 5) is 4.87. The maximum atomic E-state index is 7.30. The predicted octanol–water partition coefficient (Wildman–Crippen LogP) is 21.2. The van der Waals surface area contributed by atoms with Gasteiger partial charge in [-0.15, -0.1) is 0 Å². The monoisotopic (exact) mass is 1020 g/mol. The lowest BCUT2D eigenvalue weighted by molar-refractivity contribution is 0.590. The van der Waals surface area contributed by atoms with Crippen LogP contribution in [0.2, 0.25) is 0 Å². The average Bonchev–Trinajstić information content (AvgIpc) is 2.07. The SMILES string of the molecule is CC(C)(C)c1ccc(N(c2ccc3cc4c(cc3c2)oc2c3ccc(N(c5ccc(C(C)(C)C)cc5)c5cccc6oc7ccccc7c56)c5c6c(n(c53)c42)-c2ccccc2C6(C)C)c2cccc3oc4ccccc4c23)cc1. The average molecular weight is 1020 g/mol. The molecule has 0 spiro atoms. The van der Waals surface area contributed by atoms with Gasteiger partial charge in [-0.05, 0) is 141 Å². The van der Waals surface area contributed by atoms with Crippen molar-refractivity contribution in [3.63, 3.8) is 0 Å². The van der Waals surface area contributed by atoms with Crippen LogP contribution in [-0.2, 0) is 16.2 Å². The van der Waals surface area contributed by atoms with E-state index in [1.165, 1.54) is 44.4 Å². The van der Waals surface area contributed by atoms with E-state index in [0.717, 1.165) is 116 Å². The maximum absolute atomic E-state index is 7.30. The van der Waals surface area contributed by atoms with Gasteiger partial charge >= 0.3 is 0 Å². The molecule has 382 valence electrons. The standard InChI is InChI=1S/C73H57N3O3/c1-71(2,3)44-28-33-46(34-29-44)74(55-21-15-25-60-63(55)50-18-10-13-23-58(50)77-60)48-32-27-42-40-53-62(41-43(42)39-48)79-70-52-37-38-57(65-66-68(76(67(52)65)69(53)70)49-17-9-12-20-54(49)73(66,7)8)75(47-35-30-45(31-36-47)72(4,5)6)56-22-16-26-61-64(56)51-19-11-14-24-59(51)78-61/h9-41H,1-8H3. The third-order valence-electron chi connectivity index (χ3n) is 17.4. The fraction of sp³-hybridized carbons (Fsp3) is 0.151. The van der Waals surface area contributed by atoms with E-state index in [1.807, 2.05) is 6.07 Å². The third-order valence-corrected chi connectivity index (χ3v) is 17.4. The molecule has 0 amide bonds. The van der Waals surface area contributed by atoms with Gasteiger partial charge in [0, 0.05) is 55.0 Å². The smallest absolute Gasteiger partial charge is 0.161 e. The molecule has 1 aliphatic carbocycles. The number of hydrogen-bond donors (Lipinski definition) is 0. The number of aromatic nitrogens is 1. The number of benzene rings is 10. The topological polar surface area (TPSA) is 50.3 Å². The summed E-state index contributed by atoms with van der Waals surface area (Å²) in [5, 5.41) is 9.99. The molecule has 0 unspecified atom stereocenters. The molecule has 16 rings (SSSR count). The lowest BCUT2D eigenvalue weighted by Crippen LogP contribution is -2.17. The second kappa shape index (κ2) is 15.9. The van der Waals surface area contributed by atoms with E-state index >= 15 is 0 Å². The minimum Gasteiger partial charge on any atom is -0.456 e. The molecule has 6 heteroatoms. The Hall–Kier alpha value is -9.26. The van der Waals surface area contributed by atoms with E-state index in [2.05, 4.69) is 264 Å². The molecule has 0 saturated heterocycles. The van der Waals surface area contributed by atoms with E-state index in [0.29, 0.717) is 0 Å².